The van der Waals surface area contributed by atoms with Crippen LogP contribution in [0.25, 0.3) is 0 Å². The molecule has 1 atom stereocenters. The van der Waals surface area contributed by atoms with Crippen molar-refractivity contribution in [3.05, 3.63) is 65.6 Å². The SMILES string of the molecule is COc1ccccc1NC(=O)C1=C(C)Nc2ncnn2[C@@H]1c1ccc2c(c1)OCO2. The maximum Gasteiger partial charge on any atom is 0.255 e. The highest BCUT2D eigenvalue weighted by atomic mass is 16.7. The molecule has 152 valence electrons. The molecule has 1 aromatic heterocycles. The van der Waals surface area contributed by atoms with Crippen molar-refractivity contribution >= 4 is 17.5 Å². The van der Waals surface area contributed by atoms with Crippen molar-refractivity contribution in [3.63, 3.8) is 0 Å². The molecule has 30 heavy (non-hydrogen) atoms. The molecule has 2 aromatic carbocycles. The molecule has 1 amide bonds. The van der Waals surface area contributed by atoms with Crippen molar-refractivity contribution in [1.82, 2.24) is 14.8 Å². The van der Waals surface area contributed by atoms with Crippen LogP contribution in [0.1, 0.15) is 18.5 Å². The Labute approximate surface area is 172 Å². The van der Waals surface area contributed by atoms with E-state index in [1.54, 1.807) is 23.9 Å². The Balaban J connectivity index is 1.57. The third-order valence-electron chi connectivity index (χ3n) is 5.11. The van der Waals surface area contributed by atoms with Gasteiger partial charge in [0.15, 0.2) is 11.5 Å². The van der Waals surface area contributed by atoms with Crippen molar-refractivity contribution in [1.29, 1.82) is 0 Å². The number of nitrogens with one attached hydrogen (secondary N) is 2. The Morgan fingerprint density at radius 2 is 2.07 bits per heavy atom. The number of hydrogen-bond donors (Lipinski definition) is 2. The molecule has 3 aromatic rings. The fraction of sp³-hybridized carbons (Fsp3) is 0.190. The summed E-state index contributed by atoms with van der Waals surface area (Å²) in [6, 6.07) is 12.4. The van der Waals surface area contributed by atoms with Gasteiger partial charge >= 0.3 is 0 Å². The van der Waals surface area contributed by atoms with E-state index in [1.807, 2.05) is 37.3 Å². The van der Waals surface area contributed by atoms with Crippen molar-refractivity contribution in [2.75, 3.05) is 24.5 Å². The molecule has 3 heterocycles. The zero-order valence-electron chi connectivity index (χ0n) is 16.4. The van der Waals surface area contributed by atoms with Gasteiger partial charge in [-0.15, -0.1) is 0 Å². The topological polar surface area (TPSA) is 99.5 Å². The first-order valence-electron chi connectivity index (χ1n) is 9.37. The number of allylic oxidation sites excluding steroid dienone is 1. The first-order valence-corrected chi connectivity index (χ1v) is 9.37. The number of benzene rings is 2. The van der Waals surface area contributed by atoms with Crippen LogP contribution in [-0.4, -0.2) is 34.6 Å². The van der Waals surface area contributed by atoms with Crippen LogP contribution in [0.3, 0.4) is 0 Å². The smallest absolute Gasteiger partial charge is 0.255 e. The minimum absolute atomic E-state index is 0.176. The quantitative estimate of drug-likeness (QED) is 0.688. The van der Waals surface area contributed by atoms with Crippen molar-refractivity contribution in [2.24, 2.45) is 0 Å². The molecule has 0 spiro atoms. The van der Waals surface area contributed by atoms with Gasteiger partial charge in [0.25, 0.3) is 5.91 Å². The van der Waals surface area contributed by atoms with Crippen LogP contribution in [0.2, 0.25) is 0 Å². The Morgan fingerprint density at radius 3 is 2.93 bits per heavy atom. The van der Waals surface area contributed by atoms with Crippen LogP contribution >= 0.6 is 0 Å². The monoisotopic (exact) mass is 405 g/mol. The molecule has 0 saturated heterocycles. The fourth-order valence-corrected chi connectivity index (χ4v) is 3.71. The molecule has 0 bridgehead atoms. The first-order chi connectivity index (χ1) is 14.7. The highest BCUT2D eigenvalue weighted by molar-refractivity contribution is 6.06. The van der Waals surface area contributed by atoms with Gasteiger partial charge < -0.3 is 24.8 Å². The van der Waals surface area contributed by atoms with E-state index >= 15 is 0 Å². The number of rotatable bonds is 4. The summed E-state index contributed by atoms with van der Waals surface area (Å²) in [7, 11) is 1.56. The number of nitrogens with zero attached hydrogens (tertiary/aromatic N) is 3. The molecule has 2 aliphatic heterocycles. The molecule has 0 aliphatic carbocycles. The van der Waals surface area contributed by atoms with Crippen LogP contribution in [0.4, 0.5) is 11.6 Å². The van der Waals surface area contributed by atoms with Gasteiger partial charge in [-0.2, -0.15) is 10.1 Å². The summed E-state index contributed by atoms with van der Waals surface area (Å²) in [5, 5.41) is 10.5. The Kier molecular flexibility index (Phi) is 4.27. The maximum absolute atomic E-state index is 13.4. The summed E-state index contributed by atoms with van der Waals surface area (Å²) >= 11 is 0. The Morgan fingerprint density at radius 1 is 1.23 bits per heavy atom. The summed E-state index contributed by atoms with van der Waals surface area (Å²) in [5.41, 5.74) is 2.61. The molecule has 2 aliphatic rings. The van der Waals surface area contributed by atoms with E-state index in [4.69, 9.17) is 14.2 Å². The number of para-hydroxylation sites is 2. The molecule has 5 rings (SSSR count). The zero-order chi connectivity index (χ0) is 20.7. The second-order valence-corrected chi connectivity index (χ2v) is 6.86. The van der Waals surface area contributed by atoms with Gasteiger partial charge in [0.2, 0.25) is 12.7 Å². The summed E-state index contributed by atoms with van der Waals surface area (Å²) < 4.78 is 18.0. The van der Waals surface area contributed by atoms with E-state index in [0.717, 1.165) is 5.56 Å². The summed E-state index contributed by atoms with van der Waals surface area (Å²) in [5.74, 6) is 2.17. The van der Waals surface area contributed by atoms with Gasteiger partial charge in [0.05, 0.1) is 18.4 Å². The molecule has 9 heteroatoms. The highest BCUT2D eigenvalue weighted by Crippen LogP contribution is 2.40. The highest BCUT2D eigenvalue weighted by Gasteiger charge is 2.34. The van der Waals surface area contributed by atoms with Crippen LogP contribution < -0.4 is 24.8 Å². The lowest BCUT2D eigenvalue weighted by atomic mass is 9.94. The number of carbonyl (C=O) groups is 1. The maximum atomic E-state index is 13.4. The zero-order valence-corrected chi connectivity index (χ0v) is 16.4. The minimum Gasteiger partial charge on any atom is -0.495 e. The number of carbonyl (C=O) groups excluding carboxylic acids is 1. The van der Waals surface area contributed by atoms with E-state index < -0.39 is 6.04 Å². The van der Waals surface area contributed by atoms with E-state index in [0.29, 0.717) is 40.2 Å². The number of hydrogen-bond acceptors (Lipinski definition) is 7. The van der Waals surface area contributed by atoms with Crippen LogP contribution in [0.5, 0.6) is 17.2 Å². The lowest BCUT2D eigenvalue weighted by molar-refractivity contribution is -0.113. The van der Waals surface area contributed by atoms with E-state index in [-0.39, 0.29) is 12.7 Å². The van der Waals surface area contributed by atoms with Crippen LogP contribution in [0.15, 0.2) is 60.1 Å². The fourth-order valence-electron chi connectivity index (χ4n) is 3.71. The average Bonchev–Trinajstić information content (AvgIpc) is 3.41. The molecule has 2 N–H and O–H groups in total. The third kappa shape index (κ3) is 2.91. The molecule has 9 nitrogen and oxygen atoms in total. The number of fused-ring (bicyclic) bond motifs is 2. The first kappa shape index (κ1) is 18.0. The number of anilines is 2. The Hall–Kier alpha value is -4.01. The number of ether oxygens (including phenoxy) is 3. The summed E-state index contributed by atoms with van der Waals surface area (Å²) in [6.45, 7) is 2.02. The minimum atomic E-state index is -0.493. The lowest BCUT2D eigenvalue weighted by Gasteiger charge is -2.29. The average molecular weight is 405 g/mol. The number of methoxy groups -OCH3 is 1. The third-order valence-corrected chi connectivity index (χ3v) is 5.11. The molecule has 0 unspecified atom stereocenters. The summed E-state index contributed by atoms with van der Waals surface area (Å²) in [6.07, 6.45) is 1.46. The lowest BCUT2D eigenvalue weighted by Crippen LogP contribution is -2.31. The second-order valence-electron chi connectivity index (χ2n) is 6.86. The van der Waals surface area contributed by atoms with Gasteiger partial charge in [-0.1, -0.05) is 18.2 Å². The van der Waals surface area contributed by atoms with Crippen molar-refractivity contribution < 1.29 is 19.0 Å². The molecular formula is C21H19N5O4. The van der Waals surface area contributed by atoms with Gasteiger partial charge in [0, 0.05) is 5.70 Å². The van der Waals surface area contributed by atoms with E-state index in [1.165, 1.54) is 6.33 Å². The standard InChI is InChI=1S/C21H19N5O4/c1-12-18(20(27)25-14-5-3-4-6-15(14)28-2)19(26-21(24-12)22-10-23-26)13-7-8-16-17(9-13)30-11-29-16/h3-10,19H,11H2,1-2H3,(H,25,27)(H,22,23,24)/t19-/m1/s1. The number of aromatic nitrogens is 3. The predicted molar refractivity (Wildman–Crippen MR) is 109 cm³/mol. The van der Waals surface area contributed by atoms with Gasteiger partial charge in [0.1, 0.15) is 18.1 Å². The van der Waals surface area contributed by atoms with E-state index in [2.05, 4.69) is 20.7 Å². The summed E-state index contributed by atoms with van der Waals surface area (Å²) in [4.78, 5) is 17.7. The van der Waals surface area contributed by atoms with Gasteiger partial charge in [-0.3, -0.25) is 4.79 Å². The predicted octanol–water partition coefficient (Wildman–Crippen LogP) is 2.94. The second kappa shape index (κ2) is 7.11. The van der Waals surface area contributed by atoms with Crippen LogP contribution in [0, 0.1) is 0 Å². The largest absolute Gasteiger partial charge is 0.495 e. The molecule has 0 fully saturated rings. The van der Waals surface area contributed by atoms with Crippen molar-refractivity contribution in [2.45, 2.75) is 13.0 Å². The molecule has 0 radical (unpaired) electrons. The van der Waals surface area contributed by atoms with E-state index in [9.17, 15) is 4.79 Å². The molecular weight excluding hydrogens is 386 g/mol. The Bertz CT molecular complexity index is 1170. The van der Waals surface area contributed by atoms with Gasteiger partial charge in [-0.05, 0) is 36.8 Å². The molecule has 0 saturated carbocycles. The van der Waals surface area contributed by atoms with Gasteiger partial charge in [-0.25, -0.2) is 4.68 Å². The van der Waals surface area contributed by atoms with Crippen molar-refractivity contribution in [3.8, 4) is 17.2 Å². The van der Waals surface area contributed by atoms with Crippen LogP contribution in [-0.2, 0) is 4.79 Å². The number of amides is 1. The normalized spacial score (nSPS) is 16.7.